The number of fused-ring (bicyclic) bond motifs is 1. The van der Waals surface area contributed by atoms with Crippen LogP contribution in [-0.2, 0) is 19.3 Å². The van der Waals surface area contributed by atoms with Gasteiger partial charge in [0.2, 0.25) is 0 Å². The minimum Gasteiger partial charge on any atom is -0.497 e. The van der Waals surface area contributed by atoms with Crippen LogP contribution in [-0.4, -0.2) is 23.4 Å². The Labute approximate surface area is 150 Å². The largest absolute Gasteiger partial charge is 0.497 e. The van der Waals surface area contributed by atoms with E-state index in [9.17, 15) is 8.78 Å². The Morgan fingerprint density at radius 1 is 1.12 bits per heavy atom. The first kappa shape index (κ1) is 16.6. The van der Waals surface area contributed by atoms with E-state index in [4.69, 9.17) is 4.74 Å². The fourth-order valence-corrected chi connectivity index (χ4v) is 3.33. The number of hydrogen-bond donors (Lipinski definition) is 1. The van der Waals surface area contributed by atoms with Crippen molar-refractivity contribution in [2.24, 2.45) is 0 Å². The van der Waals surface area contributed by atoms with Crippen molar-refractivity contribution in [2.75, 3.05) is 19.0 Å². The lowest BCUT2D eigenvalue weighted by Gasteiger charge is -2.07. The maximum absolute atomic E-state index is 14.2. The zero-order valence-corrected chi connectivity index (χ0v) is 14.4. The van der Waals surface area contributed by atoms with E-state index in [0.29, 0.717) is 0 Å². The normalized spacial score (nSPS) is 12.7. The predicted molar refractivity (Wildman–Crippen MR) is 96.1 cm³/mol. The molecule has 26 heavy (non-hydrogen) atoms. The standard InChI is InChI=1S/C20H19F2N3O/c1-26-15-6-2-13(3-7-15)4-8-18-16-10-11-23-20(16)25(24-18)19-9-5-14(21)12-17(19)22/h2-3,5-7,9,12,23H,4,8,10-11H2,1H3. The molecule has 1 aliphatic rings. The number of anilines is 1. The average Bonchev–Trinajstić information content (AvgIpc) is 3.24. The molecular weight excluding hydrogens is 336 g/mol. The van der Waals surface area contributed by atoms with Crippen molar-refractivity contribution in [3.63, 3.8) is 0 Å². The number of rotatable bonds is 5. The van der Waals surface area contributed by atoms with Crippen LogP contribution in [0.5, 0.6) is 5.75 Å². The summed E-state index contributed by atoms with van der Waals surface area (Å²) in [5.41, 5.74) is 3.51. The van der Waals surface area contributed by atoms with Crippen LogP contribution in [0.2, 0.25) is 0 Å². The van der Waals surface area contributed by atoms with Gasteiger partial charge in [0.05, 0.1) is 12.8 Å². The topological polar surface area (TPSA) is 39.1 Å². The Bertz CT molecular complexity index is 935. The summed E-state index contributed by atoms with van der Waals surface area (Å²) in [5, 5.41) is 7.87. The molecule has 3 aromatic rings. The summed E-state index contributed by atoms with van der Waals surface area (Å²) >= 11 is 0. The number of halogens is 2. The maximum Gasteiger partial charge on any atom is 0.151 e. The number of nitrogens with one attached hydrogen (secondary N) is 1. The lowest BCUT2D eigenvalue weighted by Crippen LogP contribution is -2.07. The molecule has 0 atom stereocenters. The molecule has 4 nitrogen and oxygen atoms in total. The number of nitrogens with zero attached hydrogens (tertiary/aromatic N) is 2. The zero-order valence-electron chi connectivity index (χ0n) is 14.4. The van der Waals surface area contributed by atoms with E-state index in [0.717, 1.165) is 54.7 Å². The molecule has 2 heterocycles. The van der Waals surface area contributed by atoms with Crippen LogP contribution < -0.4 is 10.1 Å². The van der Waals surface area contributed by atoms with Crippen LogP contribution in [0.25, 0.3) is 5.69 Å². The van der Waals surface area contributed by atoms with Crippen LogP contribution in [0.3, 0.4) is 0 Å². The van der Waals surface area contributed by atoms with Crippen LogP contribution in [0.4, 0.5) is 14.6 Å². The number of hydrogen-bond acceptors (Lipinski definition) is 3. The number of methoxy groups -OCH3 is 1. The van der Waals surface area contributed by atoms with Crippen molar-refractivity contribution in [1.82, 2.24) is 9.78 Å². The highest BCUT2D eigenvalue weighted by Crippen LogP contribution is 2.30. The molecule has 0 amide bonds. The molecule has 134 valence electrons. The molecular formula is C20H19F2N3O. The van der Waals surface area contributed by atoms with Crippen LogP contribution in [0, 0.1) is 11.6 Å². The van der Waals surface area contributed by atoms with E-state index in [-0.39, 0.29) is 5.69 Å². The summed E-state index contributed by atoms with van der Waals surface area (Å²) in [6.07, 6.45) is 2.45. The minimum atomic E-state index is -0.620. The van der Waals surface area contributed by atoms with Crippen molar-refractivity contribution in [3.8, 4) is 11.4 Å². The maximum atomic E-state index is 14.2. The van der Waals surface area contributed by atoms with Gasteiger partial charge in [-0.1, -0.05) is 12.1 Å². The molecule has 0 saturated heterocycles. The van der Waals surface area contributed by atoms with Gasteiger partial charge in [-0.05, 0) is 49.1 Å². The molecule has 0 spiro atoms. The van der Waals surface area contributed by atoms with Gasteiger partial charge in [-0.15, -0.1) is 0 Å². The molecule has 0 saturated carbocycles. The number of aromatic nitrogens is 2. The minimum absolute atomic E-state index is 0.257. The van der Waals surface area contributed by atoms with Gasteiger partial charge in [-0.3, -0.25) is 0 Å². The average molecular weight is 355 g/mol. The Morgan fingerprint density at radius 2 is 1.92 bits per heavy atom. The lowest BCUT2D eigenvalue weighted by atomic mass is 10.1. The van der Waals surface area contributed by atoms with Gasteiger partial charge in [0.25, 0.3) is 0 Å². The second-order valence-corrected chi connectivity index (χ2v) is 6.31. The van der Waals surface area contributed by atoms with E-state index in [1.165, 1.54) is 17.7 Å². The van der Waals surface area contributed by atoms with E-state index < -0.39 is 11.6 Å². The molecule has 0 radical (unpaired) electrons. The summed E-state index contributed by atoms with van der Waals surface area (Å²) in [6, 6.07) is 11.5. The van der Waals surface area contributed by atoms with Gasteiger partial charge in [-0.2, -0.15) is 5.10 Å². The van der Waals surface area contributed by atoms with Crippen molar-refractivity contribution in [1.29, 1.82) is 0 Å². The second-order valence-electron chi connectivity index (χ2n) is 6.31. The van der Waals surface area contributed by atoms with E-state index in [1.807, 2.05) is 24.3 Å². The molecule has 0 unspecified atom stereocenters. The summed E-state index contributed by atoms with van der Waals surface area (Å²) in [7, 11) is 1.65. The molecule has 0 bridgehead atoms. The second kappa shape index (κ2) is 6.78. The number of ether oxygens (including phenoxy) is 1. The van der Waals surface area contributed by atoms with Crippen molar-refractivity contribution >= 4 is 5.82 Å². The molecule has 4 rings (SSSR count). The van der Waals surface area contributed by atoms with Gasteiger partial charge in [0.15, 0.2) is 5.82 Å². The SMILES string of the molecule is COc1ccc(CCc2nn(-c3ccc(F)cc3F)c3c2CCN3)cc1. The molecule has 1 aliphatic heterocycles. The van der Waals surface area contributed by atoms with Crippen LogP contribution >= 0.6 is 0 Å². The van der Waals surface area contributed by atoms with Gasteiger partial charge in [0, 0.05) is 18.2 Å². The highest BCUT2D eigenvalue weighted by Gasteiger charge is 2.24. The van der Waals surface area contributed by atoms with Gasteiger partial charge < -0.3 is 10.1 Å². The van der Waals surface area contributed by atoms with Crippen molar-refractivity contribution < 1.29 is 13.5 Å². The fraction of sp³-hybridized carbons (Fsp3) is 0.250. The smallest absolute Gasteiger partial charge is 0.151 e. The van der Waals surface area contributed by atoms with E-state index in [2.05, 4.69) is 10.4 Å². The van der Waals surface area contributed by atoms with Gasteiger partial charge in [-0.25, -0.2) is 13.5 Å². The van der Waals surface area contributed by atoms with Crippen molar-refractivity contribution in [2.45, 2.75) is 19.3 Å². The third-order valence-corrected chi connectivity index (χ3v) is 4.68. The first-order valence-electron chi connectivity index (χ1n) is 8.58. The van der Waals surface area contributed by atoms with Gasteiger partial charge in [0.1, 0.15) is 23.1 Å². The Morgan fingerprint density at radius 3 is 2.65 bits per heavy atom. The monoisotopic (exact) mass is 355 g/mol. The van der Waals surface area contributed by atoms with E-state index in [1.54, 1.807) is 11.8 Å². The molecule has 0 fully saturated rings. The number of benzene rings is 2. The summed E-state index contributed by atoms with van der Waals surface area (Å²) < 4.78 is 34.1. The molecule has 2 aromatic carbocycles. The Kier molecular flexibility index (Phi) is 4.32. The van der Waals surface area contributed by atoms with Crippen LogP contribution in [0.15, 0.2) is 42.5 Å². The van der Waals surface area contributed by atoms with Crippen LogP contribution in [0.1, 0.15) is 16.8 Å². The first-order valence-corrected chi connectivity index (χ1v) is 8.58. The zero-order chi connectivity index (χ0) is 18.1. The lowest BCUT2D eigenvalue weighted by molar-refractivity contribution is 0.414. The molecule has 1 aromatic heterocycles. The molecule has 0 aliphatic carbocycles. The third-order valence-electron chi connectivity index (χ3n) is 4.68. The van der Waals surface area contributed by atoms with Gasteiger partial charge >= 0.3 is 0 Å². The fourth-order valence-electron chi connectivity index (χ4n) is 3.33. The van der Waals surface area contributed by atoms with Crippen molar-refractivity contribution in [3.05, 3.63) is 70.9 Å². The summed E-state index contributed by atoms with van der Waals surface area (Å²) in [5.74, 6) is 0.420. The molecule has 1 N–H and O–H groups in total. The molecule has 6 heteroatoms. The predicted octanol–water partition coefficient (Wildman–Crippen LogP) is 3.91. The summed E-state index contributed by atoms with van der Waals surface area (Å²) in [6.45, 7) is 0.797. The third kappa shape index (κ3) is 3.03. The Balaban J connectivity index is 1.61. The first-order chi connectivity index (χ1) is 12.7. The Hall–Kier alpha value is -2.89. The quantitative estimate of drug-likeness (QED) is 0.754. The summed E-state index contributed by atoms with van der Waals surface area (Å²) in [4.78, 5) is 0. The van der Waals surface area contributed by atoms with E-state index >= 15 is 0 Å². The highest BCUT2D eigenvalue weighted by molar-refractivity contribution is 5.57. The highest BCUT2D eigenvalue weighted by atomic mass is 19.1. The number of aryl methyl sites for hydroxylation is 2.